The van der Waals surface area contributed by atoms with Crippen molar-refractivity contribution in [3.05, 3.63) is 41.3 Å². The average Bonchev–Trinajstić information content (AvgIpc) is 2.38. The van der Waals surface area contributed by atoms with Gasteiger partial charge in [-0.1, -0.05) is 6.07 Å². The molecule has 2 rings (SSSR count). The lowest BCUT2D eigenvalue weighted by Crippen LogP contribution is -2.03. The fraction of sp³-hybridized carbons (Fsp3) is 0.286. The van der Waals surface area contributed by atoms with E-state index in [0.717, 1.165) is 22.8 Å². The van der Waals surface area contributed by atoms with E-state index in [0.29, 0.717) is 18.1 Å². The van der Waals surface area contributed by atoms with Crippen LogP contribution in [0.4, 0.5) is 5.82 Å². The summed E-state index contributed by atoms with van der Waals surface area (Å²) in [4.78, 5) is 8.60. The number of aryl methyl sites for hydroxylation is 1. The van der Waals surface area contributed by atoms with Crippen molar-refractivity contribution in [1.82, 2.24) is 9.97 Å². The molecule has 2 aromatic rings. The number of benzene rings is 1. The first-order valence-electron chi connectivity index (χ1n) is 5.93. The molecule has 100 valence electrons. The Morgan fingerprint density at radius 1 is 1.11 bits per heavy atom. The minimum atomic E-state index is 0.481. The number of ether oxygens (including phenoxy) is 2. The lowest BCUT2D eigenvalue weighted by Gasteiger charge is -2.10. The van der Waals surface area contributed by atoms with E-state index >= 15 is 0 Å². The largest absolute Gasteiger partial charge is 0.497 e. The van der Waals surface area contributed by atoms with Gasteiger partial charge in [0.15, 0.2) is 0 Å². The van der Waals surface area contributed by atoms with E-state index in [-0.39, 0.29) is 0 Å². The monoisotopic (exact) mass is 259 g/mol. The lowest BCUT2D eigenvalue weighted by molar-refractivity contribution is 0.391. The maximum absolute atomic E-state index is 5.73. The number of nitrogens with zero attached hydrogens (tertiary/aromatic N) is 2. The topological polar surface area (TPSA) is 70.3 Å². The Bertz CT molecular complexity index is 565. The van der Waals surface area contributed by atoms with Crippen LogP contribution in [0, 0.1) is 6.92 Å². The highest BCUT2D eigenvalue weighted by Gasteiger charge is 2.08. The quantitative estimate of drug-likeness (QED) is 0.909. The number of rotatable bonds is 4. The molecule has 0 radical (unpaired) electrons. The molecule has 0 atom stereocenters. The minimum absolute atomic E-state index is 0.481. The van der Waals surface area contributed by atoms with Gasteiger partial charge in [0.1, 0.15) is 23.1 Å². The molecule has 19 heavy (non-hydrogen) atoms. The molecular weight excluding hydrogens is 242 g/mol. The molecule has 0 aliphatic rings. The van der Waals surface area contributed by atoms with Crippen molar-refractivity contribution in [3.63, 3.8) is 0 Å². The predicted molar refractivity (Wildman–Crippen MR) is 73.5 cm³/mol. The van der Waals surface area contributed by atoms with E-state index in [1.807, 2.05) is 25.1 Å². The van der Waals surface area contributed by atoms with Crippen LogP contribution >= 0.6 is 0 Å². The summed E-state index contributed by atoms with van der Waals surface area (Å²) >= 11 is 0. The molecule has 2 N–H and O–H groups in total. The highest BCUT2D eigenvalue weighted by atomic mass is 16.5. The van der Waals surface area contributed by atoms with Gasteiger partial charge in [0.05, 0.1) is 14.2 Å². The summed E-state index contributed by atoms with van der Waals surface area (Å²) < 4.78 is 10.5. The van der Waals surface area contributed by atoms with Gasteiger partial charge in [0.2, 0.25) is 0 Å². The summed E-state index contributed by atoms with van der Waals surface area (Å²) in [5.74, 6) is 2.67. The highest BCUT2D eigenvalue weighted by molar-refractivity contribution is 5.42. The summed E-state index contributed by atoms with van der Waals surface area (Å²) in [6.07, 6.45) is 0.568. The molecule has 0 fully saturated rings. The molecule has 0 bridgehead atoms. The van der Waals surface area contributed by atoms with Crippen molar-refractivity contribution < 1.29 is 9.47 Å². The zero-order chi connectivity index (χ0) is 13.8. The second-order valence-electron chi connectivity index (χ2n) is 4.20. The lowest BCUT2D eigenvalue weighted by atomic mass is 10.1. The average molecular weight is 259 g/mol. The normalized spacial score (nSPS) is 10.3. The molecule has 1 heterocycles. The Morgan fingerprint density at radius 3 is 2.53 bits per heavy atom. The van der Waals surface area contributed by atoms with Gasteiger partial charge in [-0.2, -0.15) is 0 Å². The van der Waals surface area contributed by atoms with E-state index in [9.17, 15) is 0 Å². The van der Waals surface area contributed by atoms with Crippen LogP contribution in [0.2, 0.25) is 0 Å². The number of aromatic nitrogens is 2. The number of hydrogen-bond donors (Lipinski definition) is 1. The first-order valence-corrected chi connectivity index (χ1v) is 5.93. The summed E-state index contributed by atoms with van der Waals surface area (Å²) in [6.45, 7) is 1.90. The molecule has 0 spiro atoms. The van der Waals surface area contributed by atoms with E-state index in [1.54, 1.807) is 20.3 Å². The van der Waals surface area contributed by atoms with Gasteiger partial charge in [-0.3, -0.25) is 0 Å². The van der Waals surface area contributed by atoms with E-state index < -0.39 is 0 Å². The summed E-state index contributed by atoms with van der Waals surface area (Å²) in [7, 11) is 3.25. The van der Waals surface area contributed by atoms with Crippen LogP contribution in [0.3, 0.4) is 0 Å². The summed E-state index contributed by atoms with van der Waals surface area (Å²) in [5.41, 5.74) is 7.58. The molecule has 0 saturated carbocycles. The Kier molecular flexibility index (Phi) is 3.85. The molecule has 5 heteroatoms. The van der Waals surface area contributed by atoms with Crippen LogP contribution in [0.1, 0.15) is 17.1 Å². The van der Waals surface area contributed by atoms with Gasteiger partial charge < -0.3 is 15.2 Å². The van der Waals surface area contributed by atoms with Gasteiger partial charge in [-0.05, 0) is 13.0 Å². The number of nitrogens with two attached hydrogens (primary N) is 1. The molecule has 0 aliphatic heterocycles. The van der Waals surface area contributed by atoms with E-state index in [4.69, 9.17) is 15.2 Å². The summed E-state index contributed by atoms with van der Waals surface area (Å²) in [5, 5.41) is 0. The first-order chi connectivity index (χ1) is 9.12. The third kappa shape index (κ3) is 3.13. The Balaban J connectivity index is 2.32. The Morgan fingerprint density at radius 2 is 1.89 bits per heavy atom. The Hall–Kier alpha value is -2.30. The zero-order valence-corrected chi connectivity index (χ0v) is 11.3. The Labute approximate surface area is 112 Å². The predicted octanol–water partition coefficient (Wildman–Crippen LogP) is 1.98. The molecule has 1 aromatic carbocycles. The van der Waals surface area contributed by atoms with Crippen molar-refractivity contribution in [3.8, 4) is 11.5 Å². The minimum Gasteiger partial charge on any atom is -0.497 e. The molecule has 0 unspecified atom stereocenters. The van der Waals surface area contributed by atoms with Crippen molar-refractivity contribution in [2.24, 2.45) is 0 Å². The van der Waals surface area contributed by atoms with Crippen molar-refractivity contribution in [2.45, 2.75) is 13.3 Å². The third-order valence-corrected chi connectivity index (χ3v) is 2.76. The smallest absolute Gasteiger partial charge is 0.135 e. The molecule has 5 nitrogen and oxygen atoms in total. The van der Waals surface area contributed by atoms with Gasteiger partial charge in [0.25, 0.3) is 0 Å². The SMILES string of the molecule is COc1ccc(Cc2nc(C)cc(N)n2)c(OC)c1. The number of anilines is 1. The van der Waals surface area contributed by atoms with Crippen LogP contribution in [-0.2, 0) is 6.42 Å². The van der Waals surface area contributed by atoms with Crippen molar-refractivity contribution in [1.29, 1.82) is 0 Å². The molecular formula is C14H17N3O2. The molecule has 0 aliphatic carbocycles. The van der Waals surface area contributed by atoms with Crippen LogP contribution in [0.25, 0.3) is 0 Å². The fourth-order valence-corrected chi connectivity index (χ4v) is 1.90. The molecule has 0 amide bonds. The second-order valence-corrected chi connectivity index (χ2v) is 4.20. The van der Waals surface area contributed by atoms with Crippen molar-refractivity contribution in [2.75, 3.05) is 20.0 Å². The number of methoxy groups -OCH3 is 2. The van der Waals surface area contributed by atoms with Gasteiger partial charge in [-0.15, -0.1) is 0 Å². The maximum atomic E-state index is 5.73. The number of hydrogen-bond acceptors (Lipinski definition) is 5. The summed E-state index contributed by atoms with van der Waals surface area (Å²) in [6, 6.07) is 7.42. The third-order valence-electron chi connectivity index (χ3n) is 2.76. The van der Waals surface area contributed by atoms with Crippen LogP contribution in [0.5, 0.6) is 11.5 Å². The van der Waals surface area contributed by atoms with E-state index in [2.05, 4.69) is 9.97 Å². The van der Waals surface area contributed by atoms with Gasteiger partial charge in [-0.25, -0.2) is 9.97 Å². The van der Waals surface area contributed by atoms with Crippen LogP contribution < -0.4 is 15.2 Å². The standard InChI is InChI=1S/C14H17N3O2/c1-9-6-13(15)17-14(16-9)7-10-4-5-11(18-2)8-12(10)19-3/h4-6,8H,7H2,1-3H3,(H2,15,16,17). The van der Waals surface area contributed by atoms with Crippen molar-refractivity contribution >= 4 is 5.82 Å². The second kappa shape index (κ2) is 5.56. The van der Waals surface area contributed by atoms with Gasteiger partial charge >= 0.3 is 0 Å². The highest BCUT2D eigenvalue weighted by Crippen LogP contribution is 2.26. The molecule has 0 saturated heterocycles. The van der Waals surface area contributed by atoms with Crippen LogP contribution in [0.15, 0.2) is 24.3 Å². The first kappa shape index (κ1) is 13.1. The fourth-order valence-electron chi connectivity index (χ4n) is 1.90. The van der Waals surface area contributed by atoms with Crippen LogP contribution in [-0.4, -0.2) is 24.2 Å². The zero-order valence-electron chi connectivity index (χ0n) is 11.3. The van der Waals surface area contributed by atoms with Gasteiger partial charge in [0, 0.05) is 29.8 Å². The molecule has 1 aromatic heterocycles. The maximum Gasteiger partial charge on any atom is 0.135 e. The number of nitrogen functional groups attached to an aromatic ring is 1. The van der Waals surface area contributed by atoms with E-state index in [1.165, 1.54) is 0 Å².